The molecule has 0 saturated carbocycles. The van der Waals surface area contributed by atoms with Gasteiger partial charge in [-0.05, 0) is 30.3 Å². The minimum Gasteiger partial charge on any atom is -0.338 e. The summed E-state index contributed by atoms with van der Waals surface area (Å²) in [6.45, 7) is 3.52. The first-order valence-corrected chi connectivity index (χ1v) is 7.64. The highest BCUT2D eigenvalue weighted by atomic mass is 32.1. The van der Waals surface area contributed by atoms with Crippen LogP contribution in [0.15, 0.2) is 9.59 Å². The lowest BCUT2D eigenvalue weighted by molar-refractivity contribution is 0.0689. The summed E-state index contributed by atoms with van der Waals surface area (Å²) in [5, 5.41) is 0. The van der Waals surface area contributed by atoms with Crippen LogP contribution in [0.25, 0.3) is 11.0 Å². The summed E-state index contributed by atoms with van der Waals surface area (Å²) < 4.78 is 5.00. The highest BCUT2D eigenvalue weighted by Crippen LogP contribution is 2.22. The first-order chi connectivity index (χ1) is 9.99. The van der Waals surface area contributed by atoms with E-state index in [1.807, 2.05) is 0 Å². The molecule has 1 fully saturated rings. The summed E-state index contributed by atoms with van der Waals surface area (Å²) in [6.07, 6.45) is 2.09. The van der Waals surface area contributed by atoms with E-state index in [0.717, 1.165) is 28.9 Å². The molecule has 1 N–H and O–H groups in total. The lowest BCUT2D eigenvalue weighted by Gasteiger charge is -2.30. The molecular formula is C13H16N4O3S. The zero-order chi connectivity index (χ0) is 15.1. The number of nitrogens with zero attached hydrogens (tertiary/aromatic N) is 3. The van der Waals surface area contributed by atoms with E-state index in [-0.39, 0.29) is 16.9 Å². The molecule has 0 spiro atoms. The van der Waals surface area contributed by atoms with E-state index in [2.05, 4.69) is 16.3 Å². The van der Waals surface area contributed by atoms with Gasteiger partial charge < -0.3 is 9.88 Å². The number of hydrogen-bond acceptors (Lipinski definition) is 5. The summed E-state index contributed by atoms with van der Waals surface area (Å²) in [5.74, 6) is 0.312. The van der Waals surface area contributed by atoms with Gasteiger partial charge in [0, 0.05) is 20.1 Å². The predicted molar refractivity (Wildman–Crippen MR) is 79.8 cm³/mol. The molecule has 3 heterocycles. The first kappa shape index (κ1) is 14.0. The Morgan fingerprint density at radius 3 is 2.90 bits per heavy atom. The Balaban J connectivity index is 2.07. The number of carbonyl (C=O) groups is 1. The molecule has 0 aromatic carbocycles. The summed E-state index contributed by atoms with van der Waals surface area (Å²) >= 11 is 0.973. The lowest BCUT2D eigenvalue weighted by Crippen LogP contribution is -2.39. The number of hydrogen-bond donors (Lipinski definition) is 1. The van der Waals surface area contributed by atoms with Crippen LogP contribution in [0.5, 0.6) is 0 Å². The summed E-state index contributed by atoms with van der Waals surface area (Å²) in [7, 11) is 1.38. The van der Waals surface area contributed by atoms with Gasteiger partial charge in [-0.15, -0.1) is 0 Å². The van der Waals surface area contributed by atoms with Crippen molar-refractivity contribution in [3.8, 4) is 0 Å². The van der Waals surface area contributed by atoms with Crippen LogP contribution in [-0.2, 0) is 7.05 Å². The molecule has 2 aromatic rings. The quantitative estimate of drug-likeness (QED) is 0.833. The van der Waals surface area contributed by atoms with Crippen LogP contribution in [0.1, 0.15) is 29.4 Å². The number of aromatic amines is 1. The van der Waals surface area contributed by atoms with Gasteiger partial charge >= 0.3 is 5.69 Å². The average Bonchev–Trinajstić information content (AvgIpc) is 2.88. The van der Waals surface area contributed by atoms with Crippen molar-refractivity contribution in [1.82, 2.24) is 18.8 Å². The molecule has 1 amide bonds. The molecule has 0 bridgehead atoms. The molecule has 0 aliphatic carbocycles. The molecule has 1 aliphatic heterocycles. The fraction of sp³-hybridized carbons (Fsp3) is 0.538. The number of piperidine rings is 1. The summed E-state index contributed by atoms with van der Waals surface area (Å²) in [5.41, 5.74) is -0.600. The van der Waals surface area contributed by atoms with Crippen LogP contribution in [0.2, 0.25) is 0 Å². The van der Waals surface area contributed by atoms with Gasteiger partial charge in [0.1, 0.15) is 4.88 Å². The predicted octanol–water partition coefficient (Wildman–Crippen LogP) is 0.555. The Labute approximate surface area is 124 Å². The third-order valence-corrected chi connectivity index (χ3v) is 4.71. The molecule has 1 unspecified atom stereocenters. The van der Waals surface area contributed by atoms with Gasteiger partial charge in [0.2, 0.25) is 0 Å². The monoisotopic (exact) mass is 308 g/mol. The topological polar surface area (TPSA) is 88.1 Å². The van der Waals surface area contributed by atoms with Crippen molar-refractivity contribution in [1.29, 1.82) is 0 Å². The molecule has 2 aromatic heterocycles. The van der Waals surface area contributed by atoms with E-state index in [1.54, 1.807) is 4.90 Å². The maximum atomic E-state index is 12.6. The Hall–Kier alpha value is -1.96. The maximum Gasteiger partial charge on any atom is 0.328 e. The van der Waals surface area contributed by atoms with Crippen molar-refractivity contribution in [2.24, 2.45) is 13.0 Å². The largest absolute Gasteiger partial charge is 0.338 e. The minimum atomic E-state index is -0.534. The lowest BCUT2D eigenvalue weighted by atomic mass is 10.0. The molecule has 21 heavy (non-hydrogen) atoms. The number of amides is 1. The number of carbonyl (C=O) groups excluding carboxylic acids is 1. The van der Waals surface area contributed by atoms with Crippen LogP contribution in [0.4, 0.5) is 0 Å². The Bertz CT molecular complexity index is 819. The fourth-order valence-corrected chi connectivity index (χ4v) is 3.46. The molecule has 0 radical (unpaired) electrons. The Morgan fingerprint density at radius 1 is 1.43 bits per heavy atom. The third kappa shape index (κ3) is 2.29. The van der Waals surface area contributed by atoms with E-state index in [9.17, 15) is 14.4 Å². The normalized spacial score (nSPS) is 19.1. The molecule has 112 valence electrons. The average molecular weight is 308 g/mol. The van der Waals surface area contributed by atoms with Gasteiger partial charge in [0.05, 0.1) is 5.52 Å². The van der Waals surface area contributed by atoms with Crippen LogP contribution < -0.4 is 11.2 Å². The van der Waals surface area contributed by atoms with E-state index >= 15 is 0 Å². The molecule has 1 aliphatic rings. The van der Waals surface area contributed by atoms with Crippen LogP contribution >= 0.6 is 11.5 Å². The number of nitrogens with one attached hydrogen (secondary N) is 1. The van der Waals surface area contributed by atoms with Crippen molar-refractivity contribution in [3.63, 3.8) is 0 Å². The number of H-pyrrole nitrogens is 1. The van der Waals surface area contributed by atoms with Gasteiger partial charge in [0.15, 0.2) is 5.52 Å². The molecule has 1 saturated heterocycles. The standard InChI is InChI=1S/C13H16N4O3S/c1-7-4-3-5-17(6-7)12(19)10-8-9(15-21-10)11(18)16(2)13(20)14-8/h7H,3-6H2,1-2H3,(H,14,20). The number of rotatable bonds is 1. The van der Waals surface area contributed by atoms with E-state index in [1.165, 1.54) is 7.05 Å². The highest BCUT2D eigenvalue weighted by molar-refractivity contribution is 7.09. The Kier molecular flexibility index (Phi) is 3.40. The maximum absolute atomic E-state index is 12.6. The van der Waals surface area contributed by atoms with Crippen LogP contribution in [0, 0.1) is 5.92 Å². The molecule has 3 rings (SSSR count). The van der Waals surface area contributed by atoms with Crippen molar-refractivity contribution >= 4 is 28.5 Å². The summed E-state index contributed by atoms with van der Waals surface area (Å²) in [6, 6.07) is 0. The molecule has 7 nitrogen and oxygen atoms in total. The van der Waals surface area contributed by atoms with Gasteiger partial charge in [-0.3, -0.25) is 14.2 Å². The van der Waals surface area contributed by atoms with Crippen molar-refractivity contribution in [2.45, 2.75) is 19.8 Å². The number of aromatic nitrogens is 3. The van der Waals surface area contributed by atoms with Crippen LogP contribution in [0.3, 0.4) is 0 Å². The van der Waals surface area contributed by atoms with Crippen molar-refractivity contribution < 1.29 is 4.79 Å². The smallest absolute Gasteiger partial charge is 0.328 e. The zero-order valence-corrected chi connectivity index (χ0v) is 12.7. The van der Waals surface area contributed by atoms with E-state index in [0.29, 0.717) is 23.9 Å². The third-order valence-electron chi connectivity index (χ3n) is 3.87. The van der Waals surface area contributed by atoms with Gasteiger partial charge in [0.25, 0.3) is 11.5 Å². The summed E-state index contributed by atoms with van der Waals surface area (Å²) in [4.78, 5) is 41.0. The Morgan fingerprint density at radius 2 is 2.19 bits per heavy atom. The second kappa shape index (κ2) is 5.10. The van der Waals surface area contributed by atoms with Gasteiger partial charge in [-0.1, -0.05) is 6.92 Å². The zero-order valence-electron chi connectivity index (χ0n) is 11.9. The highest BCUT2D eigenvalue weighted by Gasteiger charge is 2.26. The molecule has 8 heteroatoms. The van der Waals surface area contributed by atoms with Crippen molar-refractivity contribution in [2.75, 3.05) is 13.1 Å². The van der Waals surface area contributed by atoms with Gasteiger partial charge in [-0.2, -0.15) is 4.37 Å². The molecular weight excluding hydrogens is 292 g/mol. The SMILES string of the molecule is CC1CCCN(C(=O)c2snc3c(=O)n(C)c(=O)[nH]c23)C1. The minimum absolute atomic E-state index is 0.149. The second-order valence-electron chi connectivity index (χ2n) is 5.53. The fourth-order valence-electron chi connectivity index (χ4n) is 2.66. The second-order valence-corrected chi connectivity index (χ2v) is 6.30. The first-order valence-electron chi connectivity index (χ1n) is 6.87. The number of likely N-dealkylation sites (tertiary alicyclic amines) is 1. The van der Waals surface area contributed by atoms with E-state index in [4.69, 9.17) is 0 Å². The van der Waals surface area contributed by atoms with E-state index < -0.39 is 11.2 Å². The molecule has 1 atom stereocenters. The van der Waals surface area contributed by atoms with Crippen molar-refractivity contribution in [3.05, 3.63) is 25.7 Å². The van der Waals surface area contributed by atoms with Crippen LogP contribution in [-0.4, -0.2) is 37.8 Å². The number of fused-ring (bicyclic) bond motifs is 1. The van der Waals surface area contributed by atoms with Gasteiger partial charge in [-0.25, -0.2) is 4.79 Å².